The Hall–Kier alpha value is -2.22. The highest BCUT2D eigenvalue weighted by molar-refractivity contribution is 7.92. The molecule has 1 aromatic carbocycles. The fourth-order valence-electron chi connectivity index (χ4n) is 1.67. The molecule has 1 N–H and O–H groups in total. The number of rotatable bonds is 5. The van der Waals surface area contributed by atoms with E-state index in [0.717, 1.165) is 0 Å². The summed E-state index contributed by atoms with van der Waals surface area (Å²) in [6.45, 7) is 1.60. The molecule has 8 heteroatoms. The van der Waals surface area contributed by atoms with E-state index in [4.69, 9.17) is 14.0 Å². The van der Waals surface area contributed by atoms with Crippen LogP contribution in [-0.2, 0) is 10.0 Å². The first-order chi connectivity index (χ1) is 9.49. The number of nitrogens with one attached hydrogen (secondary N) is 1. The second-order valence-electron chi connectivity index (χ2n) is 3.89. The number of aromatic nitrogens is 1. The second-order valence-corrected chi connectivity index (χ2v) is 5.54. The van der Waals surface area contributed by atoms with E-state index < -0.39 is 10.0 Å². The van der Waals surface area contributed by atoms with Crippen molar-refractivity contribution < 1.29 is 22.4 Å². The van der Waals surface area contributed by atoms with Crippen LogP contribution in [0.5, 0.6) is 11.5 Å². The van der Waals surface area contributed by atoms with Crippen molar-refractivity contribution in [2.45, 2.75) is 11.8 Å². The van der Waals surface area contributed by atoms with Crippen LogP contribution in [-0.4, -0.2) is 27.8 Å². The summed E-state index contributed by atoms with van der Waals surface area (Å²) in [5, 5.41) is 3.52. The molecular formula is C12H14N2O5S. The number of methoxy groups -OCH3 is 2. The zero-order chi connectivity index (χ0) is 14.8. The SMILES string of the molecule is COc1cccc(S(=O)(=O)Nc2cnoc2C)c1OC. The monoisotopic (exact) mass is 298 g/mol. The molecule has 0 saturated heterocycles. The Morgan fingerprint density at radius 1 is 1.25 bits per heavy atom. The molecule has 0 spiro atoms. The molecule has 1 aromatic heterocycles. The van der Waals surface area contributed by atoms with Crippen molar-refractivity contribution in [1.82, 2.24) is 5.16 Å². The molecule has 0 bridgehead atoms. The quantitative estimate of drug-likeness (QED) is 0.905. The highest BCUT2D eigenvalue weighted by Gasteiger charge is 2.23. The molecule has 0 amide bonds. The summed E-state index contributed by atoms with van der Waals surface area (Å²) in [7, 11) is -1.02. The van der Waals surface area contributed by atoms with Crippen molar-refractivity contribution in [3.8, 4) is 11.5 Å². The molecule has 1 heterocycles. The van der Waals surface area contributed by atoms with Gasteiger partial charge in [-0.15, -0.1) is 0 Å². The number of sulfonamides is 1. The van der Waals surface area contributed by atoms with Gasteiger partial charge in [0.1, 0.15) is 10.6 Å². The van der Waals surface area contributed by atoms with Crippen LogP contribution in [0.2, 0.25) is 0 Å². The van der Waals surface area contributed by atoms with Crippen molar-refractivity contribution in [2.24, 2.45) is 0 Å². The van der Waals surface area contributed by atoms with Crippen LogP contribution in [0.4, 0.5) is 5.69 Å². The summed E-state index contributed by atoms with van der Waals surface area (Å²) in [4.78, 5) is -0.0278. The molecule has 2 rings (SSSR count). The topological polar surface area (TPSA) is 90.7 Å². The molecule has 108 valence electrons. The lowest BCUT2D eigenvalue weighted by Crippen LogP contribution is -2.14. The van der Waals surface area contributed by atoms with Gasteiger partial charge in [-0.25, -0.2) is 8.42 Å². The molecule has 0 fully saturated rings. The third-order valence-corrected chi connectivity index (χ3v) is 4.04. The minimum atomic E-state index is -3.84. The molecule has 0 atom stereocenters. The number of hydrogen-bond donors (Lipinski definition) is 1. The lowest BCUT2D eigenvalue weighted by atomic mass is 10.3. The third-order valence-electron chi connectivity index (χ3n) is 2.65. The predicted octanol–water partition coefficient (Wildman–Crippen LogP) is 1.80. The van der Waals surface area contributed by atoms with Crippen LogP contribution >= 0.6 is 0 Å². The predicted molar refractivity (Wildman–Crippen MR) is 71.6 cm³/mol. The van der Waals surface area contributed by atoms with Gasteiger partial charge in [0.15, 0.2) is 17.3 Å². The molecule has 20 heavy (non-hydrogen) atoms. The van der Waals surface area contributed by atoms with Crippen LogP contribution in [0.1, 0.15) is 5.76 Å². The maximum Gasteiger partial charge on any atom is 0.265 e. The van der Waals surface area contributed by atoms with Crippen molar-refractivity contribution in [1.29, 1.82) is 0 Å². The maximum absolute atomic E-state index is 12.4. The minimum absolute atomic E-state index is 0.0278. The molecule has 2 aromatic rings. The molecule has 7 nitrogen and oxygen atoms in total. The largest absolute Gasteiger partial charge is 0.493 e. The average Bonchev–Trinajstić information content (AvgIpc) is 2.82. The third kappa shape index (κ3) is 2.55. The highest BCUT2D eigenvalue weighted by Crippen LogP contribution is 2.34. The fraction of sp³-hybridized carbons (Fsp3) is 0.250. The van der Waals surface area contributed by atoms with Crippen molar-refractivity contribution in [2.75, 3.05) is 18.9 Å². The van der Waals surface area contributed by atoms with Crippen LogP contribution in [0, 0.1) is 6.92 Å². The van der Waals surface area contributed by atoms with Gasteiger partial charge in [0.05, 0.1) is 20.4 Å². The van der Waals surface area contributed by atoms with E-state index in [2.05, 4.69) is 9.88 Å². The van der Waals surface area contributed by atoms with Gasteiger partial charge < -0.3 is 14.0 Å². The molecule has 0 aliphatic rings. The lowest BCUT2D eigenvalue weighted by Gasteiger charge is -2.13. The zero-order valence-corrected chi connectivity index (χ0v) is 12.0. The summed E-state index contributed by atoms with van der Waals surface area (Å²) >= 11 is 0. The van der Waals surface area contributed by atoms with E-state index in [9.17, 15) is 8.42 Å². The van der Waals surface area contributed by atoms with Crippen molar-refractivity contribution >= 4 is 15.7 Å². The smallest absolute Gasteiger partial charge is 0.265 e. The summed E-state index contributed by atoms with van der Waals surface area (Å²) in [5.74, 6) is 0.837. The van der Waals surface area contributed by atoms with E-state index in [1.807, 2.05) is 0 Å². The highest BCUT2D eigenvalue weighted by atomic mass is 32.2. The Morgan fingerprint density at radius 3 is 2.55 bits per heavy atom. The molecule has 0 aliphatic carbocycles. The Kier molecular flexibility index (Phi) is 3.84. The van der Waals surface area contributed by atoms with Crippen LogP contribution in [0.15, 0.2) is 33.8 Å². The second kappa shape index (κ2) is 5.41. The van der Waals surface area contributed by atoms with Crippen molar-refractivity contribution in [3.05, 3.63) is 30.2 Å². The molecule has 0 radical (unpaired) electrons. The Labute approximate surface area is 116 Å². The van der Waals surface area contributed by atoms with E-state index in [-0.39, 0.29) is 16.3 Å². The van der Waals surface area contributed by atoms with E-state index in [1.165, 1.54) is 26.5 Å². The summed E-state index contributed by atoms with van der Waals surface area (Å²) in [5.41, 5.74) is 0.273. The van der Waals surface area contributed by atoms with E-state index >= 15 is 0 Å². The van der Waals surface area contributed by atoms with Gasteiger partial charge >= 0.3 is 0 Å². The summed E-state index contributed by atoms with van der Waals surface area (Å²) < 4.78 is 42.2. The Bertz CT molecular complexity index is 708. The van der Waals surface area contributed by atoms with Gasteiger partial charge in [-0.1, -0.05) is 11.2 Å². The Balaban J connectivity index is 2.47. The number of nitrogens with zero attached hydrogens (tertiary/aromatic N) is 1. The first kappa shape index (κ1) is 14.2. The number of anilines is 1. The Morgan fingerprint density at radius 2 is 2.00 bits per heavy atom. The average molecular weight is 298 g/mol. The summed E-state index contributed by atoms with van der Waals surface area (Å²) in [6.07, 6.45) is 1.29. The summed E-state index contributed by atoms with van der Waals surface area (Å²) in [6, 6.07) is 4.60. The van der Waals surface area contributed by atoms with Gasteiger partial charge in [-0.2, -0.15) is 0 Å². The van der Waals surface area contributed by atoms with Crippen LogP contribution in [0.25, 0.3) is 0 Å². The molecular weight excluding hydrogens is 284 g/mol. The van der Waals surface area contributed by atoms with Crippen LogP contribution < -0.4 is 14.2 Å². The fourth-order valence-corrected chi connectivity index (χ4v) is 2.95. The van der Waals surface area contributed by atoms with Gasteiger partial charge in [0.2, 0.25) is 0 Å². The standard InChI is InChI=1S/C12H14N2O5S/c1-8-9(7-13-19-8)14-20(15,16)11-6-4-5-10(17-2)12(11)18-3/h4-7,14H,1-3H3. The van der Waals surface area contributed by atoms with Crippen molar-refractivity contribution in [3.63, 3.8) is 0 Å². The van der Waals surface area contributed by atoms with Gasteiger partial charge in [0.25, 0.3) is 10.0 Å². The minimum Gasteiger partial charge on any atom is -0.493 e. The molecule has 0 saturated carbocycles. The van der Waals surface area contributed by atoms with E-state index in [1.54, 1.807) is 19.1 Å². The number of para-hydroxylation sites is 1. The first-order valence-corrected chi connectivity index (χ1v) is 7.13. The number of hydrogen-bond acceptors (Lipinski definition) is 6. The van der Waals surface area contributed by atoms with E-state index in [0.29, 0.717) is 11.5 Å². The van der Waals surface area contributed by atoms with Crippen LogP contribution in [0.3, 0.4) is 0 Å². The zero-order valence-electron chi connectivity index (χ0n) is 11.2. The van der Waals surface area contributed by atoms with Gasteiger partial charge in [0, 0.05) is 0 Å². The lowest BCUT2D eigenvalue weighted by molar-refractivity contribution is 0.347. The molecule has 0 unspecified atom stereocenters. The van der Waals surface area contributed by atoms with Gasteiger partial charge in [-0.05, 0) is 19.1 Å². The normalized spacial score (nSPS) is 11.2. The molecule has 0 aliphatic heterocycles. The van der Waals surface area contributed by atoms with Gasteiger partial charge in [-0.3, -0.25) is 4.72 Å². The number of benzene rings is 1. The number of ether oxygens (including phenoxy) is 2. The maximum atomic E-state index is 12.4. The first-order valence-electron chi connectivity index (χ1n) is 5.64. The number of aryl methyl sites for hydroxylation is 1.